The minimum absolute atomic E-state index is 0.215. The molecule has 4 aromatic rings. The number of nitrogens with one attached hydrogen (secondary N) is 2. The van der Waals surface area contributed by atoms with Crippen LogP contribution in [-0.2, 0) is 15.9 Å². The third-order valence-corrected chi connectivity index (χ3v) is 7.11. The van der Waals surface area contributed by atoms with E-state index in [2.05, 4.69) is 15.8 Å². The molecule has 0 atom stereocenters. The first-order valence-electron chi connectivity index (χ1n) is 12.0. The summed E-state index contributed by atoms with van der Waals surface area (Å²) in [6.45, 7) is 6.33. The molecule has 0 aliphatic carbocycles. The van der Waals surface area contributed by atoms with Gasteiger partial charge in [0.25, 0.3) is 0 Å². The molecule has 0 saturated heterocycles. The van der Waals surface area contributed by atoms with Crippen molar-refractivity contribution in [3.63, 3.8) is 0 Å². The van der Waals surface area contributed by atoms with E-state index in [0.29, 0.717) is 17.9 Å². The third kappa shape index (κ3) is 7.56. The fourth-order valence-electron chi connectivity index (χ4n) is 3.35. The zero-order valence-corrected chi connectivity index (χ0v) is 23.4. The summed E-state index contributed by atoms with van der Waals surface area (Å²) in [6.07, 6.45) is 1.83. The number of hydrogen-bond acceptors (Lipinski definition) is 8. The summed E-state index contributed by atoms with van der Waals surface area (Å²) >= 11 is 2.62. The van der Waals surface area contributed by atoms with Crippen molar-refractivity contribution in [3.8, 4) is 21.0 Å². The maximum Gasteiger partial charge on any atom is 0.321 e. The van der Waals surface area contributed by atoms with Crippen LogP contribution in [0, 0.1) is 0 Å². The molecule has 0 fully saturated rings. The lowest BCUT2D eigenvalue weighted by atomic mass is 10.1. The minimum Gasteiger partial charge on any atom is -0.399 e. The molecular weight excluding hydrogens is 518 g/mol. The molecule has 4 N–H and O–H groups in total. The number of benzene rings is 3. The number of nitrogens with two attached hydrogens (primary N) is 1. The van der Waals surface area contributed by atoms with Crippen LogP contribution < -0.4 is 21.4 Å². The van der Waals surface area contributed by atoms with Crippen molar-refractivity contribution in [1.29, 1.82) is 0 Å². The van der Waals surface area contributed by atoms with E-state index < -0.39 is 0 Å². The van der Waals surface area contributed by atoms with Crippen molar-refractivity contribution in [1.82, 2.24) is 15.8 Å². The van der Waals surface area contributed by atoms with Crippen LogP contribution in [0.25, 0.3) is 21.0 Å². The lowest BCUT2D eigenvalue weighted by Crippen LogP contribution is -2.36. The van der Waals surface area contributed by atoms with Gasteiger partial charge < -0.3 is 11.1 Å². The molecule has 0 unspecified atom stereocenters. The van der Waals surface area contributed by atoms with E-state index >= 15 is 0 Å². The van der Waals surface area contributed by atoms with Crippen LogP contribution in [0.2, 0.25) is 0 Å². The van der Waals surface area contributed by atoms with Crippen LogP contribution in [0.3, 0.4) is 0 Å². The van der Waals surface area contributed by atoms with Crippen molar-refractivity contribution >= 4 is 40.8 Å². The van der Waals surface area contributed by atoms with Gasteiger partial charge in [0, 0.05) is 52.7 Å². The number of nitrogen functional groups attached to an aromatic ring is 1. The highest BCUT2D eigenvalue weighted by molar-refractivity contribution is 7.94. The van der Waals surface area contributed by atoms with Crippen molar-refractivity contribution in [2.24, 2.45) is 0 Å². The van der Waals surface area contributed by atoms with E-state index in [0.717, 1.165) is 43.5 Å². The summed E-state index contributed by atoms with van der Waals surface area (Å²) in [4.78, 5) is 26.0. The first-order valence-corrected chi connectivity index (χ1v) is 13.5. The number of carbonyl (C=O) groups excluding carboxylic acids is 1. The number of rotatable bonds is 9. The Balaban J connectivity index is 1.55. The summed E-state index contributed by atoms with van der Waals surface area (Å²) < 4.78 is 5.42. The topological polar surface area (TPSA) is 102 Å². The van der Waals surface area contributed by atoms with E-state index in [1.54, 1.807) is 23.3 Å². The number of aromatic nitrogens is 1. The van der Waals surface area contributed by atoms with E-state index in [-0.39, 0.29) is 11.6 Å². The number of carbonyl (C=O) groups is 1. The van der Waals surface area contributed by atoms with Gasteiger partial charge >= 0.3 is 6.03 Å². The number of amides is 2. The van der Waals surface area contributed by atoms with Gasteiger partial charge in [-0.1, -0.05) is 36.4 Å². The molecule has 0 aliphatic rings. The maximum atomic E-state index is 12.9. The molecule has 0 radical (unpaired) electrons. The molecule has 0 saturated carbocycles. The SMILES string of the molecule is CN(C(=O)NCc1ccccc1)c1ccc(-c2cnc(-c3ccc(N)cc3)s2)c(SOONC(C)(C)C)c1. The molecular formula is C28H31N5O3S2. The molecule has 1 heterocycles. The second-order valence-corrected chi connectivity index (χ2v) is 11.4. The molecule has 2 amide bonds. The standard InChI is InChI=1S/C28H31N5O3S2/c1-28(2,3)32-35-36-38-24-16-22(33(4)27(34)31-17-19-8-6-5-7-9-19)14-15-23(24)25-18-30-26(37-25)20-10-12-21(29)13-11-20/h5-16,18,32H,17,29H2,1-4H3,(H,31,34). The number of hydroxylamine groups is 1. The highest BCUT2D eigenvalue weighted by atomic mass is 32.2. The summed E-state index contributed by atoms with van der Waals surface area (Å²) in [7, 11) is 1.73. The predicted octanol–water partition coefficient (Wildman–Crippen LogP) is 6.66. The van der Waals surface area contributed by atoms with E-state index in [1.807, 2.05) is 99.8 Å². The van der Waals surface area contributed by atoms with Gasteiger partial charge in [0.05, 0.1) is 16.9 Å². The zero-order valence-electron chi connectivity index (χ0n) is 21.7. The Bertz CT molecular complexity index is 1360. The summed E-state index contributed by atoms with van der Waals surface area (Å²) in [5.41, 5.74) is 12.7. The van der Waals surface area contributed by atoms with Gasteiger partial charge in [-0.05, 0) is 62.7 Å². The summed E-state index contributed by atoms with van der Waals surface area (Å²) in [5.74, 6) is 0. The molecule has 0 aliphatic heterocycles. The highest BCUT2D eigenvalue weighted by Gasteiger charge is 2.17. The van der Waals surface area contributed by atoms with Crippen molar-refractivity contribution in [2.75, 3.05) is 17.7 Å². The lowest BCUT2D eigenvalue weighted by Gasteiger charge is -2.20. The molecule has 10 heteroatoms. The fraction of sp³-hybridized carbons (Fsp3) is 0.214. The molecule has 198 valence electrons. The van der Waals surface area contributed by atoms with Gasteiger partial charge in [0.1, 0.15) is 5.01 Å². The van der Waals surface area contributed by atoms with E-state index in [4.69, 9.17) is 15.1 Å². The Morgan fingerprint density at radius 2 is 1.82 bits per heavy atom. The molecule has 4 rings (SSSR count). The maximum absolute atomic E-state index is 12.9. The number of thiazole rings is 1. The van der Waals surface area contributed by atoms with Crippen molar-refractivity contribution in [3.05, 3.63) is 84.6 Å². The van der Waals surface area contributed by atoms with Crippen LogP contribution in [0.5, 0.6) is 0 Å². The number of urea groups is 1. The molecule has 0 bridgehead atoms. The molecule has 38 heavy (non-hydrogen) atoms. The zero-order chi connectivity index (χ0) is 27.1. The molecule has 0 spiro atoms. The lowest BCUT2D eigenvalue weighted by molar-refractivity contribution is -0.262. The van der Waals surface area contributed by atoms with Gasteiger partial charge in [0.15, 0.2) is 0 Å². The van der Waals surface area contributed by atoms with Crippen LogP contribution >= 0.6 is 23.4 Å². The Labute approximate surface area is 231 Å². The molecule has 1 aromatic heterocycles. The normalized spacial score (nSPS) is 11.4. The van der Waals surface area contributed by atoms with Gasteiger partial charge in [-0.2, -0.15) is 5.48 Å². The Morgan fingerprint density at radius 1 is 1.08 bits per heavy atom. The number of hydrogen-bond donors (Lipinski definition) is 3. The largest absolute Gasteiger partial charge is 0.399 e. The summed E-state index contributed by atoms with van der Waals surface area (Å²) in [6, 6.07) is 22.9. The second-order valence-electron chi connectivity index (χ2n) is 9.62. The van der Waals surface area contributed by atoms with Gasteiger partial charge in [-0.15, -0.1) is 20.7 Å². The quantitative estimate of drug-likeness (QED) is 0.0705. The number of anilines is 2. The summed E-state index contributed by atoms with van der Waals surface area (Å²) in [5, 5.41) is 3.83. The first kappa shape index (κ1) is 27.6. The monoisotopic (exact) mass is 549 g/mol. The van der Waals surface area contributed by atoms with Crippen LogP contribution in [-0.4, -0.2) is 23.6 Å². The second kappa shape index (κ2) is 12.4. The van der Waals surface area contributed by atoms with E-state index in [9.17, 15) is 4.79 Å². The van der Waals surface area contributed by atoms with Crippen molar-refractivity contribution < 1.29 is 14.1 Å². The average Bonchev–Trinajstić information content (AvgIpc) is 3.40. The average molecular weight is 550 g/mol. The highest BCUT2D eigenvalue weighted by Crippen LogP contribution is 2.39. The minimum atomic E-state index is -0.284. The first-order chi connectivity index (χ1) is 18.2. The predicted molar refractivity (Wildman–Crippen MR) is 155 cm³/mol. The Kier molecular flexibility index (Phi) is 9.03. The van der Waals surface area contributed by atoms with E-state index in [1.165, 1.54) is 0 Å². The van der Waals surface area contributed by atoms with Crippen LogP contribution in [0.15, 0.2) is 83.9 Å². The Morgan fingerprint density at radius 3 is 2.53 bits per heavy atom. The third-order valence-electron chi connectivity index (χ3n) is 5.38. The van der Waals surface area contributed by atoms with Gasteiger partial charge in [-0.3, -0.25) is 4.90 Å². The smallest absolute Gasteiger partial charge is 0.321 e. The van der Waals surface area contributed by atoms with Gasteiger partial charge in [0.2, 0.25) is 0 Å². The molecule has 8 nitrogen and oxygen atoms in total. The van der Waals surface area contributed by atoms with Crippen LogP contribution in [0.1, 0.15) is 26.3 Å². The number of nitrogens with zero attached hydrogens (tertiary/aromatic N) is 2. The fourth-order valence-corrected chi connectivity index (χ4v) is 4.96. The Hall–Kier alpha value is -3.41. The van der Waals surface area contributed by atoms with Gasteiger partial charge in [-0.25, -0.2) is 9.78 Å². The molecule has 3 aromatic carbocycles. The van der Waals surface area contributed by atoms with Crippen LogP contribution in [0.4, 0.5) is 16.2 Å². The van der Waals surface area contributed by atoms with Crippen molar-refractivity contribution in [2.45, 2.75) is 37.8 Å².